The van der Waals surface area contributed by atoms with Crippen LogP contribution in [0.3, 0.4) is 0 Å². The summed E-state index contributed by atoms with van der Waals surface area (Å²) >= 11 is 0. The Balaban J connectivity index is 0.00000544. The summed E-state index contributed by atoms with van der Waals surface area (Å²) in [6, 6.07) is 8.22. The Morgan fingerprint density at radius 1 is 0.618 bits per heavy atom. The van der Waals surface area contributed by atoms with Crippen LogP contribution >= 0.6 is 0 Å². The second-order valence-electron chi connectivity index (χ2n) is 8.05. The van der Waals surface area contributed by atoms with Crippen LogP contribution in [0.5, 0.6) is 0 Å². The normalized spacial score (nSPS) is 11.4. The van der Waals surface area contributed by atoms with Gasteiger partial charge in [0, 0.05) is 36.0 Å². The molecule has 0 aromatic heterocycles. The monoisotopic (exact) mass is 528 g/mol. The molecule has 2 rings (SSSR count). The van der Waals surface area contributed by atoms with E-state index in [4.69, 9.17) is 0 Å². The molecule has 0 heterocycles. The van der Waals surface area contributed by atoms with Crippen LogP contribution in [-0.4, -0.2) is 50.5 Å². The summed E-state index contributed by atoms with van der Waals surface area (Å²) in [5.41, 5.74) is 8.00. The zero-order valence-electron chi connectivity index (χ0n) is 20.8. The number of anilines is 2. The maximum atomic E-state index is 10.7. The molecule has 178 valence electrons. The van der Waals surface area contributed by atoms with Crippen LogP contribution in [0.15, 0.2) is 24.3 Å². The molecule has 2 aromatic rings. The molecule has 2 N–H and O–H groups in total. The van der Waals surface area contributed by atoms with Crippen LogP contribution in [0.4, 0.5) is 11.4 Å². The van der Waals surface area contributed by atoms with Crippen LogP contribution in [0.1, 0.15) is 35.1 Å². The quantitative estimate of drug-likeness (QED) is 0.182. The van der Waals surface area contributed by atoms with Gasteiger partial charge in [-0.3, -0.25) is 0 Å². The second kappa shape index (κ2) is 14.6. The maximum absolute atomic E-state index is 10.7. The van der Waals surface area contributed by atoms with Crippen molar-refractivity contribution in [3.8, 4) is 11.1 Å². The molecule has 0 saturated heterocycles. The molecule has 0 fully saturated rings. The average Bonchev–Trinajstić information content (AvgIpc) is 2.63. The van der Waals surface area contributed by atoms with Crippen LogP contribution < -0.4 is 69.7 Å². The van der Waals surface area contributed by atoms with Gasteiger partial charge in [0.1, 0.15) is 0 Å². The van der Waals surface area contributed by atoms with Crippen molar-refractivity contribution in [2.45, 2.75) is 40.5 Å². The van der Waals surface area contributed by atoms with Crippen molar-refractivity contribution in [2.24, 2.45) is 0 Å². The molecule has 0 saturated carbocycles. The SMILES string of the molecule is Cc1cc(-c2cc(C)c(NCCCS(=O)(=O)[O-])c(C)c2)cc(C)c1NCCCS(=O)(=O)[O-].[Na+].[Na+]. The minimum absolute atomic E-state index is 0. The van der Waals surface area contributed by atoms with Gasteiger partial charge < -0.3 is 19.7 Å². The van der Waals surface area contributed by atoms with Gasteiger partial charge in [0.2, 0.25) is 0 Å². The molecule has 0 aliphatic rings. The molecular weight excluding hydrogens is 498 g/mol. The first-order valence-corrected chi connectivity index (χ1v) is 13.5. The summed E-state index contributed by atoms with van der Waals surface area (Å²) in [5, 5.41) is 6.45. The third kappa shape index (κ3) is 11.3. The molecule has 0 aliphatic heterocycles. The Morgan fingerprint density at radius 2 is 0.882 bits per heavy atom. The molecule has 12 heteroatoms. The first kappa shape index (κ1) is 33.9. The van der Waals surface area contributed by atoms with Gasteiger partial charge in [0.25, 0.3) is 0 Å². The Bertz CT molecular complexity index is 1050. The van der Waals surface area contributed by atoms with E-state index in [0.29, 0.717) is 13.1 Å². The fraction of sp³-hybridized carbons (Fsp3) is 0.455. The van der Waals surface area contributed by atoms with E-state index in [-0.39, 0.29) is 83.5 Å². The van der Waals surface area contributed by atoms with Gasteiger partial charge >= 0.3 is 59.1 Å². The predicted octanol–water partition coefficient (Wildman–Crippen LogP) is -2.71. The van der Waals surface area contributed by atoms with Crippen molar-refractivity contribution in [3.05, 3.63) is 46.5 Å². The molecule has 34 heavy (non-hydrogen) atoms. The molecule has 0 radical (unpaired) electrons. The van der Waals surface area contributed by atoms with Crippen molar-refractivity contribution in [1.82, 2.24) is 0 Å². The summed E-state index contributed by atoms with van der Waals surface area (Å²) in [5.74, 6) is -0.774. The van der Waals surface area contributed by atoms with E-state index in [1.54, 1.807) is 0 Å². The molecular formula is C22H30N2Na2O6S2. The van der Waals surface area contributed by atoms with Crippen molar-refractivity contribution < 1.29 is 85.1 Å². The van der Waals surface area contributed by atoms with Crippen LogP contribution in [-0.2, 0) is 20.2 Å². The van der Waals surface area contributed by atoms with E-state index in [2.05, 4.69) is 34.9 Å². The van der Waals surface area contributed by atoms with Crippen LogP contribution in [0, 0.1) is 27.7 Å². The number of nitrogens with one attached hydrogen (secondary N) is 2. The third-order valence-corrected chi connectivity index (χ3v) is 6.72. The number of aryl methyl sites for hydroxylation is 4. The van der Waals surface area contributed by atoms with Gasteiger partial charge in [0.05, 0.1) is 20.2 Å². The Morgan fingerprint density at radius 3 is 1.12 bits per heavy atom. The van der Waals surface area contributed by atoms with Gasteiger partial charge in [0.15, 0.2) is 0 Å². The van der Waals surface area contributed by atoms with Gasteiger partial charge in [-0.15, -0.1) is 0 Å². The molecule has 2 aromatic carbocycles. The van der Waals surface area contributed by atoms with Crippen molar-refractivity contribution in [3.63, 3.8) is 0 Å². The molecule has 0 atom stereocenters. The Kier molecular flexibility index (Phi) is 14.5. The maximum Gasteiger partial charge on any atom is 1.00 e. The molecule has 0 spiro atoms. The van der Waals surface area contributed by atoms with Crippen molar-refractivity contribution in [1.29, 1.82) is 0 Å². The standard InChI is InChI=1S/C22H32N2O6S2.2Na/c1-15-11-19(12-16(2)21(15)23-7-5-9-31(25,26)27)20-13-17(3)22(18(4)14-20)24-8-6-10-32(28,29)30;;/h11-14,23-24H,5-10H2,1-4H3,(H,25,26,27)(H,28,29,30);;/q;2*+1/p-2. The number of hydrogen-bond acceptors (Lipinski definition) is 8. The topological polar surface area (TPSA) is 138 Å². The van der Waals surface area contributed by atoms with E-state index in [0.717, 1.165) is 44.8 Å². The summed E-state index contributed by atoms with van der Waals surface area (Å²) < 4.78 is 64.5. The summed E-state index contributed by atoms with van der Waals surface area (Å²) in [4.78, 5) is 0. The van der Waals surface area contributed by atoms with Gasteiger partial charge in [-0.1, -0.05) is 0 Å². The molecule has 0 unspecified atom stereocenters. The Labute approximate surface area is 247 Å². The van der Waals surface area contributed by atoms with Gasteiger partial charge in [-0.05, 0) is 98.2 Å². The van der Waals surface area contributed by atoms with E-state index >= 15 is 0 Å². The third-order valence-electron chi connectivity index (χ3n) is 5.14. The summed E-state index contributed by atoms with van der Waals surface area (Å²) in [6.45, 7) is 8.70. The largest absolute Gasteiger partial charge is 1.00 e. The molecule has 0 amide bonds. The zero-order chi connectivity index (χ0) is 24.1. The predicted molar refractivity (Wildman–Crippen MR) is 126 cm³/mol. The minimum Gasteiger partial charge on any atom is -0.748 e. The summed E-state index contributed by atoms with van der Waals surface area (Å²) in [7, 11) is -8.41. The van der Waals surface area contributed by atoms with E-state index < -0.39 is 20.2 Å². The first-order valence-electron chi connectivity index (χ1n) is 10.3. The minimum atomic E-state index is -4.20. The molecule has 0 bridgehead atoms. The fourth-order valence-electron chi connectivity index (χ4n) is 3.74. The number of rotatable bonds is 11. The smallest absolute Gasteiger partial charge is 0.748 e. The average molecular weight is 529 g/mol. The van der Waals surface area contributed by atoms with Crippen molar-refractivity contribution >= 4 is 31.6 Å². The zero-order valence-corrected chi connectivity index (χ0v) is 26.5. The summed E-state index contributed by atoms with van der Waals surface area (Å²) in [6.07, 6.45) is 0.500. The fourth-order valence-corrected chi connectivity index (χ4v) is 4.74. The van der Waals surface area contributed by atoms with Crippen molar-refractivity contribution in [2.75, 3.05) is 35.2 Å². The van der Waals surface area contributed by atoms with E-state index in [1.165, 1.54) is 0 Å². The molecule has 0 aliphatic carbocycles. The van der Waals surface area contributed by atoms with Gasteiger partial charge in [-0.2, -0.15) is 0 Å². The van der Waals surface area contributed by atoms with E-state index in [9.17, 15) is 25.9 Å². The first-order chi connectivity index (χ1) is 14.8. The molecule has 8 nitrogen and oxygen atoms in total. The Hall–Kier alpha value is -0.140. The second-order valence-corrected chi connectivity index (χ2v) is 11.1. The van der Waals surface area contributed by atoms with Gasteiger partial charge in [-0.25, -0.2) is 16.8 Å². The number of benzene rings is 2. The van der Waals surface area contributed by atoms with E-state index in [1.807, 2.05) is 27.7 Å². The number of hydrogen-bond donors (Lipinski definition) is 2. The van der Waals surface area contributed by atoms with Crippen LogP contribution in [0.25, 0.3) is 11.1 Å². The van der Waals surface area contributed by atoms with Crippen LogP contribution in [0.2, 0.25) is 0 Å².